The summed E-state index contributed by atoms with van der Waals surface area (Å²) in [7, 11) is 1.48. The number of ether oxygens (including phenoxy) is 1. The van der Waals surface area contributed by atoms with Crippen LogP contribution in [0.5, 0.6) is 0 Å². The lowest BCUT2D eigenvalue weighted by Gasteiger charge is -2.17. The molecule has 6 heteroatoms. The van der Waals surface area contributed by atoms with Gasteiger partial charge in [0.2, 0.25) is 0 Å². The van der Waals surface area contributed by atoms with Gasteiger partial charge in [-0.25, -0.2) is 4.98 Å². The zero-order chi connectivity index (χ0) is 13.0. The van der Waals surface area contributed by atoms with Crippen molar-refractivity contribution in [2.24, 2.45) is 5.73 Å². The Hall–Kier alpha value is -0.980. The van der Waals surface area contributed by atoms with Crippen molar-refractivity contribution in [3.63, 3.8) is 0 Å². The number of hydrogen-bond donors (Lipinski definition) is 2. The Morgan fingerprint density at radius 1 is 1.59 bits per heavy atom. The highest BCUT2D eigenvalue weighted by Crippen LogP contribution is 2.24. The van der Waals surface area contributed by atoms with Crippen LogP contribution in [0, 0.1) is 13.8 Å². The van der Waals surface area contributed by atoms with Gasteiger partial charge in [-0.1, -0.05) is 0 Å². The average Bonchev–Trinajstić information content (AvgIpc) is 2.59. The lowest BCUT2D eigenvalue weighted by atomic mass is 10.2. The van der Waals surface area contributed by atoms with E-state index in [-0.39, 0.29) is 18.5 Å². The zero-order valence-electron chi connectivity index (χ0n) is 10.6. The molecule has 0 saturated heterocycles. The summed E-state index contributed by atoms with van der Waals surface area (Å²) >= 11 is 1.59. The number of nitrogens with two attached hydrogens (primary N) is 1. The van der Waals surface area contributed by atoms with Crippen molar-refractivity contribution in [2.45, 2.75) is 32.9 Å². The standard InChI is InChI=1S/C11H19N3O2S/c1-6-10(17-8(3)13-6)7(2)14-11(15)9(5-12)16-4/h7,9H,5,12H2,1-4H3,(H,14,15). The van der Waals surface area contributed by atoms with Crippen LogP contribution in [0.1, 0.15) is 28.5 Å². The second-order valence-electron chi connectivity index (χ2n) is 3.87. The van der Waals surface area contributed by atoms with E-state index in [9.17, 15) is 4.79 Å². The number of nitrogens with one attached hydrogen (secondary N) is 1. The molecule has 0 aliphatic heterocycles. The van der Waals surface area contributed by atoms with Crippen molar-refractivity contribution < 1.29 is 9.53 Å². The van der Waals surface area contributed by atoms with Gasteiger partial charge in [-0.15, -0.1) is 11.3 Å². The van der Waals surface area contributed by atoms with Gasteiger partial charge in [-0.2, -0.15) is 0 Å². The minimum Gasteiger partial charge on any atom is -0.370 e. The quantitative estimate of drug-likeness (QED) is 0.822. The summed E-state index contributed by atoms with van der Waals surface area (Å²) in [5.41, 5.74) is 6.40. The number of aromatic nitrogens is 1. The second-order valence-corrected chi connectivity index (χ2v) is 5.11. The highest BCUT2D eigenvalue weighted by Gasteiger charge is 2.20. The first-order valence-corrected chi connectivity index (χ1v) is 6.28. The molecule has 17 heavy (non-hydrogen) atoms. The topological polar surface area (TPSA) is 77.2 Å². The molecule has 0 saturated carbocycles. The van der Waals surface area contributed by atoms with E-state index in [1.165, 1.54) is 7.11 Å². The molecule has 2 atom stereocenters. The van der Waals surface area contributed by atoms with Crippen LogP contribution < -0.4 is 11.1 Å². The number of aryl methyl sites for hydroxylation is 2. The van der Waals surface area contributed by atoms with E-state index >= 15 is 0 Å². The molecule has 0 aliphatic carbocycles. The van der Waals surface area contributed by atoms with E-state index in [4.69, 9.17) is 10.5 Å². The summed E-state index contributed by atoms with van der Waals surface area (Å²) in [4.78, 5) is 17.2. The maximum absolute atomic E-state index is 11.8. The van der Waals surface area contributed by atoms with Gasteiger partial charge in [0.25, 0.3) is 5.91 Å². The molecule has 1 amide bonds. The van der Waals surface area contributed by atoms with Crippen LogP contribution in [0.25, 0.3) is 0 Å². The molecule has 0 fully saturated rings. The monoisotopic (exact) mass is 257 g/mol. The molecule has 0 spiro atoms. The number of rotatable bonds is 5. The fraction of sp³-hybridized carbons (Fsp3) is 0.636. The van der Waals surface area contributed by atoms with Gasteiger partial charge in [0.1, 0.15) is 6.10 Å². The molecule has 1 rings (SSSR count). The Labute approximate surface area is 105 Å². The van der Waals surface area contributed by atoms with Gasteiger partial charge in [-0.05, 0) is 20.8 Å². The molecular formula is C11H19N3O2S. The highest BCUT2D eigenvalue weighted by molar-refractivity contribution is 7.11. The Bertz CT molecular complexity index is 388. The fourth-order valence-electron chi connectivity index (χ4n) is 1.63. The number of nitrogens with zero attached hydrogens (tertiary/aromatic N) is 1. The molecule has 3 N–H and O–H groups in total. The number of methoxy groups -OCH3 is 1. The molecule has 1 aromatic rings. The number of hydrogen-bond acceptors (Lipinski definition) is 5. The van der Waals surface area contributed by atoms with Crippen molar-refractivity contribution in [3.8, 4) is 0 Å². The Kier molecular flexibility index (Phi) is 5.04. The molecule has 0 aliphatic rings. The van der Waals surface area contributed by atoms with Crippen LogP contribution >= 0.6 is 11.3 Å². The maximum Gasteiger partial charge on any atom is 0.250 e. The SMILES string of the molecule is COC(CN)C(=O)NC(C)c1sc(C)nc1C. The smallest absolute Gasteiger partial charge is 0.250 e. The lowest BCUT2D eigenvalue weighted by Crippen LogP contribution is -2.41. The van der Waals surface area contributed by atoms with Gasteiger partial charge in [0.05, 0.1) is 16.7 Å². The molecule has 1 heterocycles. The number of thiazole rings is 1. The van der Waals surface area contributed by atoms with E-state index in [1.54, 1.807) is 11.3 Å². The molecule has 96 valence electrons. The van der Waals surface area contributed by atoms with Crippen molar-refractivity contribution >= 4 is 17.2 Å². The number of carbonyl (C=O) groups is 1. The van der Waals surface area contributed by atoms with E-state index in [0.29, 0.717) is 0 Å². The summed E-state index contributed by atoms with van der Waals surface area (Å²) in [5.74, 6) is -0.187. The van der Waals surface area contributed by atoms with Gasteiger partial charge < -0.3 is 15.8 Å². The Balaban J connectivity index is 2.69. The van der Waals surface area contributed by atoms with E-state index in [2.05, 4.69) is 10.3 Å². The first kappa shape index (κ1) is 14.1. The van der Waals surface area contributed by atoms with Crippen molar-refractivity contribution in [1.82, 2.24) is 10.3 Å². The third-order valence-corrected chi connectivity index (χ3v) is 3.74. The third-order valence-electron chi connectivity index (χ3n) is 2.48. The van der Waals surface area contributed by atoms with Gasteiger partial charge in [0.15, 0.2) is 0 Å². The second kappa shape index (κ2) is 6.09. The highest BCUT2D eigenvalue weighted by atomic mass is 32.1. The fourth-order valence-corrected chi connectivity index (χ4v) is 2.56. The first-order chi connectivity index (χ1) is 7.99. The molecule has 0 aromatic carbocycles. The minimum atomic E-state index is -0.591. The van der Waals surface area contributed by atoms with Gasteiger partial charge >= 0.3 is 0 Å². The van der Waals surface area contributed by atoms with E-state index in [1.807, 2.05) is 20.8 Å². The first-order valence-electron chi connectivity index (χ1n) is 5.46. The van der Waals surface area contributed by atoms with Crippen LogP contribution in [0.15, 0.2) is 0 Å². The predicted molar refractivity (Wildman–Crippen MR) is 68.0 cm³/mol. The average molecular weight is 257 g/mol. The molecule has 2 unspecified atom stereocenters. The van der Waals surface area contributed by atoms with Gasteiger partial charge in [-0.3, -0.25) is 4.79 Å². The van der Waals surface area contributed by atoms with Crippen LogP contribution in [0.2, 0.25) is 0 Å². The Morgan fingerprint density at radius 3 is 2.65 bits per heavy atom. The number of amides is 1. The van der Waals surface area contributed by atoms with Gasteiger partial charge in [0, 0.05) is 18.5 Å². The molecule has 1 aromatic heterocycles. The summed E-state index contributed by atoms with van der Waals surface area (Å²) < 4.78 is 4.98. The summed E-state index contributed by atoms with van der Waals surface area (Å²) in [6, 6.07) is -0.0714. The normalized spacial score (nSPS) is 14.4. The Morgan fingerprint density at radius 2 is 2.24 bits per heavy atom. The third kappa shape index (κ3) is 3.49. The lowest BCUT2D eigenvalue weighted by molar-refractivity contribution is -0.131. The van der Waals surface area contributed by atoms with Crippen molar-refractivity contribution in [3.05, 3.63) is 15.6 Å². The maximum atomic E-state index is 11.8. The molecule has 0 bridgehead atoms. The van der Waals surface area contributed by atoms with Crippen LogP contribution in [0.4, 0.5) is 0 Å². The van der Waals surface area contributed by atoms with Crippen LogP contribution in [0.3, 0.4) is 0 Å². The number of carbonyl (C=O) groups excluding carboxylic acids is 1. The van der Waals surface area contributed by atoms with Crippen molar-refractivity contribution in [2.75, 3.05) is 13.7 Å². The van der Waals surface area contributed by atoms with Crippen LogP contribution in [-0.2, 0) is 9.53 Å². The predicted octanol–water partition coefficient (Wildman–Crippen LogP) is 0.911. The van der Waals surface area contributed by atoms with Crippen LogP contribution in [-0.4, -0.2) is 30.6 Å². The summed E-state index contributed by atoms with van der Waals surface area (Å²) in [5, 5.41) is 3.88. The summed E-state index contributed by atoms with van der Waals surface area (Å²) in [6.45, 7) is 6.00. The molecular weight excluding hydrogens is 238 g/mol. The molecule has 5 nitrogen and oxygen atoms in total. The van der Waals surface area contributed by atoms with E-state index < -0.39 is 6.10 Å². The van der Waals surface area contributed by atoms with E-state index in [0.717, 1.165) is 15.6 Å². The largest absolute Gasteiger partial charge is 0.370 e. The minimum absolute atomic E-state index is 0.0714. The summed E-state index contributed by atoms with van der Waals surface area (Å²) in [6.07, 6.45) is -0.591. The molecule has 0 radical (unpaired) electrons. The van der Waals surface area contributed by atoms with Crippen molar-refractivity contribution in [1.29, 1.82) is 0 Å². The zero-order valence-corrected chi connectivity index (χ0v) is 11.4.